The fourth-order valence-corrected chi connectivity index (χ4v) is 3.93. The summed E-state index contributed by atoms with van der Waals surface area (Å²) in [5.74, 6) is 0.200. The van der Waals surface area contributed by atoms with Crippen LogP contribution in [-0.2, 0) is 6.61 Å². The van der Waals surface area contributed by atoms with Gasteiger partial charge < -0.3 is 4.74 Å². The van der Waals surface area contributed by atoms with Gasteiger partial charge in [-0.3, -0.25) is 14.9 Å². The number of amides is 1. The Morgan fingerprint density at radius 1 is 0.921 bits per heavy atom. The summed E-state index contributed by atoms with van der Waals surface area (Å²) in [6, 6.07) is 32.4. The van der Waals surface area contributed by atoms with Gasteiger partial charge in [0.05, 0.1) is 27.9 Å². The third-order valence-corrected chi connectivity index (χ3v) is 5.86. The number of para-hydroxylation sites is 2. The molecule has 1 N–H and O–H groups in total. The van der Waals surface area contributed by atoms with Gasteiger partial charge in [-0.25, -0.2) is 10.4 Å². The number of nitro groups is 1. The average molecular weight is 503 g/mol. The number of carbonyl (C=O) groups is 1. The van der Waals surface area contributed by atoms with Gasteiger partial charge in [0.25, 0.3) is 11.6 Å². The van der Waals surface area contributed by atoms with E-state index in [-0.39, 0.29) is 18.2 Å². The lowest BCUT2D eigenvalue weighted by Gasteiger charge is -2.10. The third kappa shape index (κ3) is 5.55. The topological polar surface area (TPSA) is 107 Å². The summed E-state index contributed by atoms with van der Waals surface area (Å²) in [5.41, 5.74) is 6.89. The van der Waals surface area contributed by atoms with Gasteiger partial charge in [-0.15, -0.1) is 0 Å². The Morgan fingerprint density at radius 3 is 2.42 bits per heavy atom. The summed E-state index contributed by atoms with van der Waals surface area (Å²) < 4.78 is 5.91. The first kappa shape index (κ1) is 24.3. The van der Waals surface area contributed by atoms with E-state index in [0.29, 0.717) is 28.1 Å². The van der Waals surface area contributed by atoms with Gasteiger partial charge in [0.1, 0.15) is 12.4 Å². The molecule has 0 aliphatic heterocycles. The first-order valence-electron chi connectivity index (χ1n) is 11.8. The van der Waals surface area contributed by atoms with Crippen LogP contribution in [0.1, 0.15) is 21.5 Å². The predicted molar refractivity (Wildman–Crippen MR) is 146 cm³/mol. The first-order chi connectivity index (χ1) is 18.6. The maximum atomic E-state index is 13.2. The number of rotatable bonds is 8. The van der Waals surface area contributed by atoms with E-state index in [0.717, 1.165) is 16.5 Å². The Balaban J connectivity index is 1.33. The van der Waals surface area contributed by atoms with E-state index >= 15 is 0 Å². The summed E-state index contributed by atoms with van der Waals surface area (Å²) >= 11 is 0. The first-order valence-corrected chi connectivity index (χ1v) is 11.8. The van der Waals surface area contributed by atoms with Crippen molar-refractivity contribution in [1.29, 1.82) is 0 Å². The predicted octanol–water partition coefficient (Wildman–Crippen LogP) is 6.15. The fourth-order valence-electron chi connectivity index (χ4n) is 3.93. The number of hydrogen-bond acceptors (Lipinski definition) is 6. The van der Waals surface area contributed by atoms with Crippen molar-refractivity contribution in [3.8, 4) is 17.0 Å². The van der Waals surface area contributed by atoms with E-state index in [1.807, 2.05) is 72.8 Å². The summed E-state index contributed by atoms with van der Waals surface area (Å²) in [6.45, 7) is 0.223. The molecule has 1 aromatic heterocycles. The molecule has 0 atom stereocenters. The van der Waals surface area contributed by atoms with Gasteiger partial charge in [-0.05, 0) is 42.0 Å². The second kappa shape index (κ2) is 11.1. The number of carbonyl (C=O) groups excluding carboxylic acids is 1. The zero-order valence-corrected chi connectivity index (χ0v) is 20.2. The van der Waals surface area contributed by atoms with Crippen molar-refractivity contribution in [3.63, 3.8) is 0 Å². The zero-order valence-electron chi connectivity index (χ0n) is 20.2. The highest BCUT2D eigenvalue weighted by molar-refractivity contribution is 6.07. The van der Waals surface area contributed by atoms with Gasteiger partial charge >= 0.3 is 0 Å². The van der Waals surface area contributed by atoms with Crippen LogP contribution in [0.2, 0.25) is 0 Å². The molecule has 38 heavy (non-hydrogen) atoms. The van der Waals surface area contributed by atoms with E-state index in [4.69, 9.17) is 9.72 Å². The van der Waals surface area contributed by atoms with Crippen LogP contribution in [0, 0.1) is 10.1 Å². The number of aromatic nitrogens is 1. The lowest BCUT2D eigenvalue weighted by atomic mass is 10.0. The molecule has 186 valence electrons. The highest BCUT2D eigenvalue weighted by Crippen LogP contribution is 2.25. The van der Waals surface area contributed by atoms with Crippen LogP contribution >= 0.6 is 0 Å². The number of pyridine rings is 1. The molecule has 1 heterocycles. The van der Waals surface area contributed by atoms with Crippen LogP contribution in [0.5, 0.6) is 5.75 Å². The van der Waals surface area contributed by atoms with Crippen molar-refractivity contribution in [1.82, 2.24) is 10.4 Å². The number of non-ortho nitro benzene ring substituents is 1. The SMILES string of the molecule is O=C(N/N=C/c1ccccc1OCc1ccc([N+](=O)[O-])cc1)c1cc(-c2ccccc2)nc2ccccc12. The summed E-state index contributed by atoms with van der Waals surface area (Å²) in [4.78, 5) is 28.3. The molecule has 5 rings (SSSR count). The molecule has 0 radical (unpaired) electrons. The van der Waals surface area contributed by atoms with E-state index in [1.54, 1.807) is 24.3 Å². The van der Waals surface area contributed by atoms with Crippen LogP contribution in [-0.4, -0.2) is 22.0 Å². The number of nitro benzene ring substituents is 1. The molecule has 0 spiro atoms. The van der Waals surface area contributed by atoms with Crippen molar-refractivity contribution in [2.75, 3.05) is 0 Å². The Labute approximate surface area is 218 Å². The highest BCUT2D eigenvalue weighted by Gasteiger charge is 2.13. The standard InChI is InChI=1S/C30H22N4O4/c35-30(26-18-28(22-8-2-1-3-9-22)32-27-12-6-5-11-25(26)27)33-31-19-23-10-4-7-13-29(23)38-20-21-14-16-24(17-15-21)34(36)37/h1-19H,20H2,(H,33,35)/b31-19+. The molecule has 0 bridgehead atoms. The second-order valence-electron chi connectivity index (χ2n) is 8.39. The zero-order chi connectivity index (χ0) is 26.3. The van der Waals surface area contributed by atoms with Crippen LogP contribution < -0.4 is 10.2 Å². The number of ether oxygens (including phenoxy) is 1. The quantitative estimate of drug-likeness (QED) is 0.156. The number of benzene rings is 4. The molecule has 0 fully saturated rings. The van der Waals surface area contributed by atoms with E-state index in [9.17, 15) is 14.9 Å². The molecule has 0 unspecified atom stereocenters. The molecule has 1 amide bonds. The number of fused-ring (bicyclic) bond motifs is 1. The van der Waals surface area contributed by atoms with Crippen molar-refractivity contribution in [2.24, 2.45) is 5.10 Å². The summed E-state index contributed by atoms with van der Waals surface area (Å²) in [7, 11) is 0. The van der Waals surface area contributed by atoms with E-state index in [1.165, 1.54) is 18.3 Å². The number of nitrogens with zero attached hydrogens (tertiary/aromatic N) is 3. The maximum Gasteiger partial charge on any atom is 0.272 e. The van der Waals surface area contributed by atoms with Gasteiger partial charge in [0.15, 0.2) is 0 Å². The molecule has 0 saturated heterocycles. The molecule has 8 nitrogen and oxygen atoms in total. The van der Waals surface area contributed by atoms with Crippen LogP contribution in [0.15, 0.2) is 114 Å². The minimum absolute atomic E-state index is 0.0230. The monoisotopic (exact) mass is 502 g/mol. The van der Waals surface area contributed by atoms with Gasteiger partial charge in [0, 0.05) is 28.6 Å². The van der Waals surface area contributed by atoms with Crippen LogP contribution in [0.25, 0.3) is 22.2 Å². The summed E-state index contributed by atoms with van der Waals surface area (Å²) in [5, 5.41) is 15.8. The molecular weight excluding hydrogens is 480 g/mol. The smallest absolute Gasteiger partial charge is 0.272 e. The molecule has 5 aromatic rings. The lowest BCUT2D eigenvalue weighted by Crippen LogP contribution is -2.18. The van der Waals surface area contributed by atoms with Crippen molar-refractivity contribution < 1.29 is 14.5 Å². The summed E-state index contributed by atoms with van der Waals surface area (Å²) in [6.07, 6.45) is 1.52. The number of hydrogen-bond donors (Lipinski definition) is 1. The van der Waals surface area contributed by atoms with Crippen molar-refractivity contribution in [3.05, 3.63) is 136 Å². The Morgan fingerprint density at radius 2 is 1.63 bits per heavy atom. The van der Waals surface area contributed by atoms with Gasteiger partial charge in [-0.1, -0.05) is 60.7 Å². The van der Waals surface area contributed by atoms with E-state index in [2.05, 4.69) is 10.5 Å². The minimum Gasteiger partial charge on any atom is -0.488 e. The molecular formula is C30H22N4O4. The largest absolute Gasteiger partial charge is 0.488 e. The van der Waals surface area contributed by atoms with Gasteiger partial charge in [-0.2, -0.15) is 5.10 Å². The van der Waals surface area contributed by atoms with Crippen molar-refractivity contribution in [2.45, 2.75) is 6.61 Å². The second-order valence-corrected chi connectivity index (χ2v) is 8.39. The molecule has 0 aliphatic rings. The lowest BCUT2D eigenvalue weighted by molar-refractivity contribution is -0.384. The van der Waals surface area contributed by atoms with Gasteiger partial charge in [0.2, 0.25) is 0 Å². The fraction of sp³-hybridized carbons (Fsp3) is 0.0333. The van der Waals surface area contributed by atoms with Crippen molar-refractivity contribution >= 4 is 28.7 Å². The highest BCUT2D eigenvalue weighted by atomic mass is 16.6. The Kier molecular flexibility index (Phi) is 7.13. The number of hydrazone groups is 1. The Hall–Kier alpha value is -5.37. The van der Waals surface area contributed by atoms with Crippen LogP contribution in [0.3, 0.4) is 0 Å². The molecule has 0 saturated carbocycles. The van der Waals surface area contributed by atoms with E-state index < -0.39 is 4.92 Å². The molecule has 4 aromatic carbocycles. The molecule has 8 heteroatoms. The maximum absolute atomic E-state index is 13.2. The number of nitrogens with one attached hydrogen (secondary N) is 1. The minimum atomic E-state index is -0.443. The van der Waals surface area contributed by atoms with Crippen LogP contribution in [0.4, 0.5) is 5.69 Å². The molecule has 0 aliphatic carbocycles. The Bertz CT molecular complexity index is 1630. The third-order valence-electron chi connectivity index (χ3n) is 5.86. The normalized spacial score (nSPS) is 10.9. The average Bonchev–Trinajstić information content (AvgIpc) is 2.96.